The van der Waals surface area contributed by atoms with Gasteiger partial charge in [0.25, 0.3) is 5.91 Å². The smallest absolute Gasteiger partial charge is 0.251 e. The van der Waals surface area contributed by atoms with E-state index in [9.17, 15) is 4.79 Å². The van der Waals surface area contributed by atoms with Crippen LogP contribution < -0.4 is 10.2 Å². The summed E-state index contributed by atoms with van der Waals surface area (Å²) in [6, 6.07) is 11.7. The number of piperazine rings is 1. The first-order valence-corrected chi connectivity index (χ1v) is 11.1. The van der Waals surface area contributed by atoms with Crippen molar-refractivity contribution in [2.45, 2.75) is 19.8 Å². The van der Waals surface area contributed by atoms with Gasteiger partial charge in [-0.15, -0.1) is 10.2 Å². The molecule has 7 nitrogen and oxygen atoms in total. The number of nitrogens with zero attached hydrogens (tertiary/aromatic N) is 5. The van der Waals surface area contributed by atoms with E-state index in [-0.39, 0.29) is 5.91 Å². The molecule has 0 unspecified atom stereocenters. The van der Waals surface area contributed by atoms with Crippen LogP contribution >= 0.6 is 0 Å². The van der Waals surface area contributed by atoms with Crippen molar-refractivity contribution in [3.63, 3.8) is 0 Å². The molecule has 0 bridgehead atoms. The second-order valence-electron chi connectivity index (χ2n) is 8.08. The summed E-state index contributed by atoms with van der Waals surface area (Å²) in [5, 5.41) is 11.8. The van der Waals surface area contributed by atoms with Gasteiger partial charge >= 0.3 is 0 Å². The Morgan fingerprint density at radius 3 is 2.23 bits per heavy atom. The molecule has 2 fully saturated rings. The third kappa shape index (κ3) is 5.15. The van der Waals surface area contributed by atoms with Gasteiger partial charge in [-0.05, 0) is 43.7 Å². The molecule has 160 valence electrons. The summed E-state index contributed by atoms with van der Waals surface area (Å²) in [5.74, 6) is 0.924. The number of hydrogen-bond donors (Lipinski definition) is 1. The quantitative estimate of drug-likeness (QED) is 0.757. The minimum absolute atomic E-state index is 0.0239. The van der Waals surface area contributed by atoms with Gasteiger partial charge in [0.1, 0.15) is 0 Å². The number of likely N-dealkylation sites (N-methyl/N-ethyl adjacent to an activating group) is 1. The first-order valence-electron chi connectivity index (χ1n) is 11.1. The highest BCUT2D eigenvalue weighted by Crippen LogP contribution is 2.21. The van der Waals surface area contributed by atoms with Crippen LogP contribution in [0.2, 0.25) is 0 Å². The highest BCUT2D eigenvalue weighted by atomic mass is 16.1. The maximum Gasteiger partial charge on any atom is 0.251 e. The van der Waals surface area contributed by atoms with Crippen molar-refractivity contribution >= 4 is 11.7 Å². The molecule has 30 heavy (non-hydrogen) atoms. The summed E-state index contributed by atoms with van der Waals surface area (Å²) in [6.45, 7) is 11.4. The van der Waals surface area contributed by atoms with Crippen LogP contribution in [-0.2, 0) is 0 Å². The van der Waals surface area contributed by atoms with Crippen LogP contribution in [0.15, 0.2) is 36.4 Å². The fourth-order valence-electron chi connectivity index (χ4n) is 4.15. The van der Waals surface area contributed by atoms with E-state index in [1.165, 1.54) is 12.8 Å². The van der Waals surface area contributed by atoms with E-state index in [0.717, 1.165) is 69.4 Å². The largest absolute Gasteiger partial charge is 0.355 e. The lowest BCUT2D eigenvalue weighted by atomic mass is 10.1. The zero-order valence-corrected chi connectivity index (χ0v) is 17.9. The van der Waals surface area contributed by atoms with E-state index >= 15 is 0 Å². The average molecular weight is 409 g/mol. The zero-order valence-electron chi connectivity index (χ0n) is 17.9. The summed E-state index contributed by atoms with van der Waals surface area (Å²) in [7, 11) is 0. The fourth-order valence-corrected chi connectivity index (χ4v) is 4.15. The maximum absolute atomic E-state index is 12.5. The molecule has 1 amide bonds. The minimum Gasteiger partial charge on any atom is -0.355 e. The number of amides is 1. The van der Waals surface area contributed by atoms with Crippen LogP contribution in [0.4, 0.5) is 5.82 Å². The molecule has 2 aromatic rings. The molecule has 2 aliphatic rings. The molecule has 1 aromatic heterocycles. The van der Waals surface area contributed by atoms with Crippen molar-refractivity contribution in [3.8, 4) is 11.3 Å². The molecular formula is C23H32N6O. The number of benzene rings is 1. The lowest BCUT2D eigenvalue weighted by molar-refractivity contribution is 0.0938. The predicted octanol–water partition coefficient (Wildman–Crippen LogP) is 2.11. The van der Waals surface area contributed by atoms with Gasteiger partial charge < -0.3 is 15.1 Å². The van der Waals surface area contributed by atoms with E-state index in [4.69, 9.17) is 0 Å². The lowest BCUT2D eigenvalue weighted by Crippen LogP contribution is -2.48. The number of aromatic nitrogens is 2. The molecule has 4 rings (SSSR count). The molecule has 2 saturated heterocycles. The molecule has 0 saturated carbocycles. The number of rotatable bonds is 7. The molecule has 3 heterocycles. The Balaban J connectivity index is 1.26. The maximum atomic E-state index is 12.5. The second kappa shape index (κ2) is 10.00. The monoisotopic (exact) mass is 408 g/mol. The zero-order chi connectivity index (χ0) is 20.8. The summed E-state index contributed by atoms with van der Waals surface area (Å²) in [6.07, 6.45) is 2.45. The topological polar surface area (TPSA) is 64.6 Å². The van der Waals surface area contributed by atoms with Gasteiger partial charge in [-0.1, -0.05) is 19.1 Å². The molecule has 1 N–H and O–H groups in total. The van der Waals surface area contributed by atoms with Gasteiger partial charge in [-0.3, -0.25) is 9.69 Å². The van der Waals surface area contributed by atoms with Crippen LogP contribution in [0.3, 0.4) is 0 Å². The van der Waals surface area contributed by atoms with E-state index in [0.29, 0.717) is 12.1 Å². The van der Waals surface area contributed by atoms with Crippen molar-refractivity contribution in [3.05, 3.63) is 42.0 Å². The summed E-state index contributed by atoms with van der Waals surface area (Å²) in [4.78, 5) is 19.6. The fraction of sp³-hybridized carbons (Fsp3) is 0.522. The third-order valence-corrected chi connectivity index (χ3v) is 6.15. The van der Waals surface area contributed by atoms with E-state index in [1.807, 2.05) is 36.4 Å². The summed E-state index contributed by atoms with van der Waals surface area (Å²) in [5.41, 5.74) is 2.48. The minimum atomic E-state index is -0.0239. The van der Waals surface area contributed by atoms with Gasteiger partial charge in [-0.25, -0.2) is 0 Å². The first kappa shape index (κ1) is 20.8. The summed E-state index contributed by atoms with van der Waals surface area (Å²) < 4.78 is 0. The third-order valence-electron chi connectivity index (χ3n) is 6.15. The molecule has 0 radical (unpaired) electrons. The number of carbonyl (C=O) groups is 1. The Labute approximate surface area is 179 Å². The SMILES string of the molecule is CCN1CCN(CCNC(=O)c2ccc(-c3ccc(N4CCCC4)nn3)cc2)CC1. The predicted molar refractivity (Wildman–Crippen MR) is 120 cm³/mol. The van der Waals surface area contributed by atoms with Gasteiger partial charge in [0.15, 0.2) is 5.82 Å². The average Bonchev–Trinajstić information content (AvgIpc) is 3.35. The van der Waals surface area contributed by atoms with Gasteiger partial charge in [0.05, 0.1) is 5.69 Å². The van der Waals surface area contributed by atoms with Crippen LogP contribution in [0.1, 0.15) is 30.1 Å². The van der Waals surface area contributed by atoms with Crippen LogP contribution in [0, 0.1) is 0 Å². The Hall–Kier alpha value is -2.51. The standard InChI is InChI=1S/C23H32N6O/c1-2-27-15-17-28(18-16-27)14-11-24-23(30)20-7-5-19(6-8-20)21-9-10-22(26-25-21)29-12-3-4-13-29/h5-10H,2-4,11-18H2,1H3,(H,24,30). The van der Waals surface area contributed by atoms with Crippen molar-refractivity contribution in [2.75, 3.05) is 63.8 Å². The van der Waals surface area contributed by atoms with Crippen LogP contribution in [0.5, 0.6) is 0 Å². The van der Waals surface area contributed by atoms with Crippen LogP contribution in [0.25, 0.3) is 11.3 Å². The van der Waals surface area contributed by atoms with Gasteiger partial charge in [0, 0.05) is 63.5 Å². The molecular weight excluding hydrogens is 376 g/mol. The number of anilines is 1. The van der Waals surface area contributed by atoms with Crippen molar-refractivity contribution in [2.24, 2.45) is 0 Å². The van der Waals surface area contributed by atoms with Gasteiger partial charge in [0.2, 0.25) is 0 Å². The molecule has 0 aliphatic carbocycles. The number of nitrogens with one attached hydrogen (secondary N) is 1. The van der Waals surface area contributed by atoms with Crippen LogP contribution in [-0.4, -0.2) is 84.8 Å². The first-order chi connectivity index (χ1) is 14.7. The normalized spacial score (nSPS) is 18.0. The molecule has 7 heteroatoms. The molecule has 0 spiro atoms. The van der Waals surface area contributed by atoms with Crippen molar-refractivity contribution in [1.29, 1.82) is 0 Å². The molecule has 0 atom stereocenters. The highest BCUT2D eigenvalue weighted by Gasteiger charge is 2.16. The number of hydrogen-bond acceptors (Lipinski definition) is 6. The Morgan fingerprint density at radius 2 is 1.60 bits per heavy atom. The molecule has 2 aliphatic heterocycles. The lowest BCUT2D eigenvalue weighted by Gasteiger charge is -2.33. The van der Waals surface area contributed by atoms with E-state index in [1.54, 1.807) is 0 Å². The van der Waals surface area contributed by atoms with Crippen molar-refractivity contribution < 1.29 is 4.79 Å². The second-order valence-corrected chi connectivity index (χ2v) is 8.08. The van der Waals surface area contributed by atoms with Crippen molar-refractivity contribution in [1.82, 2.24) is 25.3 Å². The van der Waals surface area contributed by atoms with Gasteiger partial charge in [-0.2, -0.15) is 0 Å². The highest BCUT2D eigenvalue weighted by molar-refractivity contribution is 5.94. The number of carbonyl (C=O) groups excluding carboxylic acids is 1. The Bertz CT molecular complexity index is 809. The van der Waals surface area contributed by atoms with E-state index < -0.39 is 0 Å². The van der Waals surface area contributed by atoms with E-state index in [2.05, 4.69) is 37.1 Å². The Morgan fingerprint density at radius 1 is 0.900 bits per heavy atom. The molecule has 1 aromatic carbocycles. The summed E-state index contributed by atoms with van der Waals surface area (Å²) >= 11 is 0. The Kier molecular flexibility index (Phi) is 6.92.